The largest absolute Gasteiger partial charge is 0.359 e. The number of halogens is 1. The SMILES string of the molecule is C=CCNC(=S)Nc1ccc(C)c(I)c1. The summed E-state index contributed by atoms with van der Waals surface area (Å²) < 4.78 is 1.23. The van der Waals surface area contributed by atoms with Crippen LogP contribution in [0.25, 0.3) is 0 Å². The molecule has 2 N–H and O–H groups in total. The van der Waals surface area contributed by atoms with Crippen molar-refractivity contribution in [1.82, 2.24) is 5.32 Å². The average Bonchev–Trinajstić information content (AvgIpc) is 2.20. The Hall–Kier alpha value is -0.620. The number of hydrogen-bond acceptors (Lipinski definition) is 1. The van der Waals surface area contributed by atoms with Gasteiger partial charge in [-0.3, -0.25) is 0 Å². The van der Waals surface area contributed by atoms with Crippen LogP contribution in [0.1, 0.15) is 5.56 Å². The zero-order valence-corrected chi connectivity index (χ0v) is 11.5. The first-order chi connectivity index (χ1) is 7.13. The van der Waals surface area contributed by atoms with Gasteiger partial charge in [-0.25, -0.2) is 0 Å². The summed E-state index contributed by atoms with van der Waals surface area (Å²) in [6.07, 6.45) is 1.77. The summed E-state index contributed by atoms with van der Waals surface area (Å²) in [5.74, 6) is 0. The van der Waals surface area contributed by atoms with Crippen LogP contribution in [0.3, 0.4) is 0 Å². The molecule has 1 aromatic carbocycles. The maximum absolute atomic E-state index is 5.11. The molecule has 1 aromatic rings. The van der Waals surface area contributed by atoms with Crippen LogP contribution in [-0.2, 0) is 0 Å². The van der Waals surface area contributed by atoms with E-state index in [4.69, 9.17) is 12.2 Å². The summed E-state index contributed by atoms with van der Waals surface area (Å²) in [7, 11) is 0. The molecule has 0 bridgehead atoms. The van der Waals surface area contributed by atoms with Gasteiger partial charge in [-0.1, -0.05) is 12.1 Å². The maximum Gasteiger partial charge on any atom is 0.171 e. The number of nitrogens with one attached hydrogen (secondary N) is 2. The van der Waals surface area contributed by atoms with Gasteiger partial charge < -0.3 is 10.6 Å². The number of hydrogen-bond donors (Lipinski definition) is 2. The van der Waals surface area contributed by atoms with Crippen LogP contribution in [0.15, 0.2) is 30.9 Å². The molecule has 0 spiro atoms. The lowest BCUT2D eigenvalue weighted by Gasteiger charge is -2.09. The summed E-state index contributed by atoms with van der Waals surface area (Å²) in [6.45, 7) is 6.37. The summed E-state index contributed by atoms with van der Waals surface area (Å²) >= 11 is 7.41. The fourth-order valence-electron chi connectivity index (χ4n) is 1.01. The first kappa shape index (κ1) is 12.4. The van der Waals surface area contributed by atoms with Crippen molar-refractivity contribution in [2.75, 3.05) is 11.9 Å². The number of aryl methyl sites for hydroxylation is 1. The molecule has 0 heterocycles. The highest BCUT2D eigenvalue weighted by Crippen LogP contribution is 2.16. The van der Waals surface area contributed by atoms with Crippen molar-refractivity contribution in [3.8, 4) is 0 Å². The molecule has 0 aliphatic carbocycles. The lowest BCUT2D eigenvalue weighted by Crippen LogP contribution is -2.28. The molecule has 2 nitrogen and oxygen atoms in total. The highest BCUT2D eigenvalue weighted by Gasteiger charge is 1.98. The summed E-state index contributed by atoms with van der Waals surface area (Å²) in [5.41, 5.74) is 2.28. The third kappa shape index (κ3) is 4.17. The lowest BCUT2D eigenvalue weighted by atomic mass is 10.2. The summed E-state index contributed by atoms with van der Waals surface area (Å²) in [5, 5.41) is 6.75. The Morgan fingerprint density at radius 1 is 1.60 bits per heavy atom. The van der Waals surface area contributed by atoms with Crippen LogP contribution in [-0.4, -0.2) is 11.7 Å². The van der Waals surface area contributed by atoms with Crippen LogP contribution in [0.4, 0.5) is 5.69 Å². The minimum Gasteiger partial charge on any atom is -0.359 e. The van der Waals surface area contributed by atoms with Crippen molar-refractivity contribution in [2.45, 2.75) is 6.92 Å². The van der Waals surface area contributed by atoms with E-state index in [2.05, 4.69) is 58.9 Å². The molecule has 80 valence electrons. The van der Waals surface area contributed by atoms with Crippen LogP contribution in [0, 0.1) is 10.5 Å². The van der Waals surface area contributed by atoms with Crippen molar-refractivity contribution < 1.29 is 0 Å². The molecule has 0 radical (unpaired) electrons. The van der Waals surface area contributed by atoms with E-state index in [1.807, 2.05) is 6.07 Å². The highest BCUT2D eigenvalue weighted by atomic mass is 127. The second kappa shape index (κ2) is 6.07. The Morgan fingerprint density at radius 3 is 2.93 bits per heavy atom. The van der Waals surface area contributed by atoms with E-state index in [-0.39, 0.29) is 0 Å². The van der Waals surface area contributed by atoms with Crippen molar-refractivity contribution in [2.24, 2.45) is 0 Å². The number of benzene rings is 1. The predicted molar refractivity (Wildman–Crippen MR) is 78.3 cm³/mol. The molecular weight excluding hydrogens is 319 g/mol. The first-order valence-corrected chi connectivity index (χ1v) is 6.04. The van der Waals surface area contributed by atoms with Gasteiger partial charge in [0.25, 0.3) is 0 Å². The minimum atomic E-state index is 0.620. The molecule has 0 aliphatic rings. The normalized spacial score (nSPS) is 9.47. The fraction of sp³-hybridized carbons (Fsp3) is 0.182. The van der Waals surface area contributed by atoms with Crippen molar-refractivity contribution in [3.63, 3.8) is 0 Å². The van der Waals surface area contributed by atoms with Gasteiger partial charge in [0.15, 0.2) is 5.11 Å². The van der Waals surface area contributed by atoms with Crippen molar-refractivity contribution in [1.29, 1.82) is 0 Å². The first-order valence-electron chi connectivity index (χ1n) is 4.55. The third-order valence-corrected chi connectivity index (χ3v) is 3.25. The molecule has 0 fully saturated rings. The predicted octanol–water partition coefficient (Wildman–Crippen LogP) is 3.07. The average molecular weight is 332 g/mol. The topological polar surface area (TPSA) is 24.1 Å². The van der Waals surface area contributed by atoms with Gasteiger partial charge in [-0.05, 0) is 59.4 Å². The molecule has 0 aliphatic heterocycles. The smallest absolute Gasteiger partial charge is 0.171 e. The Morgan fingerprint density at radius 2 is 2.33 bits per heavy atom. The van der Waals surface area contributed by atoms with Gasteiger partial charge in [-0.2, -0.15) is 0 Å². The Kier molecular flexibility index (Phi) is 5.04. The van der Waals surface area contributed by atoms with Gasteiger partial charge in [-0.15, -0.1) is 6.58 Å². The Balaban J connectivity index is 2.60. The van der Waals surface area contributed by atoms with Gasteiger partial charge in [0.2, 0.25) is 0 Å². The molecule has 0 unspecified atom stereocenters. The fourth-order valence-corrected chi connectivity index (χ4v) is 1.73. The molecule has 4 heteroatoms. The maximum atomic E-state index is 5.11. The van der Waals surface area contributed by atoms with E-state index in [1.54, 1.807) is 6.08 Å². The van der Waals surface area contributed by atoms with E-state index in [0.717, 1.165) is 5.69 Å². The second-order valence-electron chi connectivity index (χ2n) is 3.09. The van der Waals surface area contributed by atoms with Crippen molar-refractivity contribution in [3.05, 3.63) is 40.0 Å². The van der Waals surface area contributed by atoms with Crippen molar-refractivity contribution >= 4 is 45.6 Å². The number of anilines is 1. The van der Waals surface area contributed by atoms with E-state index in [9.17, 15) is 0 Å². The van der Waals surface area contributed by atoms with Crippen LogP contribution >= 0.6 is 34.8 Å². The van der Waals surface area contributed by atoms with Crippen LogP contribution in [0.2, 0.25) is 0 Å². The number of thiocarbonyl (C=S) groups is 1. The minimum absolute atomic E-state index is 0.620. The molecule has 0 saturated heterocycles. The standard InChI is InChI=1S/C11H13IN2S/c1-3-6-13-11(15)14-9-5-4-8(2)10(12)7-9/h3-5,7H,1,6H2,2H3,(H2,13,14,15). The van der Waals surface area contributed by atoms with Gasteiger partial charge in [0, 0.05) is 15.8 Å². The zero-order valence-electron chi connectivity index (χ0n) is 8.51. The molecule has 0 amide bonds. The second-order valence-corrected chi connectivity index (χ2v) is 4.66. The van der Waals surface area contributed by atoms with Crippen LogP contribution in [0.5, 0.6) is 0 Å². The van der Waals surface area contributed by atoms with Gasteiger partial charge >= 0.3 is 0 Å². The molecular formula is C11H13IN2S. The quantitative estimate of drug-likeness (QED) is 0.505. The summed E-state index contributed by atoms with van der Waals surface area (Å²) in [6, 6.07) is 6.15. The number of rotatable bonds is 3. The van der Waals surface area contributed by atoms with E-state index in [1.165, 1.54) is 9.13 Å². The summed E-state index contributed by atoms with van der Waals surface area (Å²) in [4.78, 5) is 0. The third-order valence-electron chi connectivity index (χ3n) is 1.84. The Labute approximate surface area is 109 Å². The molecule has 0 atom stereocenters. The van der Waals surface area contributed by atoms with Crippen LogP contribution < -0.4 is 10.6 Å². The van der Waals surface area contributed by atoms with E-state index in [0.29, 0.717) is 11.7 Å². The monoisotopic (exact) mass is 332 g/mol. The van der Waals surface area contributed by atoms with Gasteiger partial charge in [0.05, 0.1) is 0 Å². The Bertz CT molecular complexity index is 377. The molecule has 0 saturated carbocycles. The van der Waals surface area contributed by atoms with E-state index >= 15 is 0 Å². The molecule has 1 rings (SSSR count). The highest BCUT2D eigenvalue weighted by molar-refractivity contribution is 14.1. The van der Waals surface area contributed by atoms with Gasteiger partial charge in [0.1, 0.15) is 0 Å². The molecule has 0 aromatic heterocycles. The molecule has 15 heavy (non-hydrogen) atoms. The van der Waals surface area contributed by atoms with E-state index < -0.39 is 0 Å². The zero-order chi connectivity index (χ0) is 11.3. The lowest BCUT2D eigenvalue weighted by molar-refractivity contribution is 1.06.